The van der Waals surface area contributed by atoms with E-state index in [0.29, 0.717) is 13.0 Å². The third-order valence-corrected chi connectivity index (χ3v) is 4.31. The van der Waals surface area contributed by atoms with Crippen LogP contribution < -0.4 is 10.6 Å². The zero-order valence-corrected chi connectivity index (χ0v) is 13.1. The van der Waals surface area contributed by atoms with Gasteiger partial charge in [0.05, 0.1) is 11.6 Å². The third-order valence-electron chi connectivity index (χ3n) is 4.31. The summed E-state index contributed by atoms with van der Waals surface area (Å²) in [7, 11) is 1.61. The van der Waals surface area contributed by atoms with E-state index in [2.05, 4.69) is 0 Å². The van der Waals surface area contributed by atoms with Crippen LogP contribution in [0, 0.1) is 11.7 Å². The molecule has 2 N–H and O–H groups in total. The number of likely N-dealkylation sites (N-methyl/N-ethyl adjacent to an activating group) is 1. The van der Waals surface area contributed by atoms with Gasteiger partial charge in [0, 0.05) is 19.6 Å². The van der Waals surface area contributed by atoms with Crippen molar-refractivity contribution in [3.63, 3.8) is 0 Å². The van der Waals surface area contributed by atoms with Gasteiger partial charge in [0.25, 0.3) is 0 Å². The quantitative estimate of drug-likeness (QED) is 0.913. The van der Waals surface area contributed by atoms with Crippen molar-refractivity contribution >= 4 is 17.5 Å². The number of hydrogen-bond acceptors (Lipinski definition) is 3. The number of nitrogens with two attached hydrogens (primary N) is 1. The summed E-state index contributed by atoms with van der Waals surface area (Å²) in [5.74, 6) is -1.21. The Labute approximate surface area is 129 Å². The first-order valence-corrected chi connectivity index (χ1v) is 7.42. The highest BCUT2D eigenvalue weighted by atomic mass is 19.1. The SMILES string of the molecule is CC(N)C(C)C(=O)N(C)C1CCN(c2ccccc2F)C1=O. The lowest BCUT2D eigenvalue weighted by atomic mass is 10.0. The molecule has 5 nitrogen and oxygen atoms in total. The molecule has 2 rings (SSSR count). The maximum Gasteiger partial charge on any atom is 0.249 e. The highest BCUT2D eigenvalue weighted by Gasteiger charge is 2.39. The molecule has 1 fully saturated rings. The predicted molar refractivity (Wildman–Crippen MR) is 82.7 cm³/mol. The van der Waals surface area contributed by atoms with E-state index in [-0.39, 0.29) is 29.5 Å². The minimum atomic E-state index is -0.562. The fourth-order valence-corrected chi connectivity index (χ4v) is 2.63. The average molecular weight is 307 g/mol. The van der Waals surface area contributed by atoms with Crippen molar-refractivity contribution in [3.8, 4) is 0 Å². The van der Waals surface area contributed by atoms with Crippen LogP contribution in [0.15, 0.2) is 24.3 Å². The summed E-state index contributed by atoms with van der Waals surface area (Å²) >= 11 is 0. The molecule has 0 spiro atoms. The number of carbonyl (C=O) groups is 2. The second kappa shape index (κ2) is 6.44. The molecule has 1 aromatic rings. The highest BCUT2D eigenvalue weighted by molar-refractivity contribution is 6.01. The Hall–Kier alpha value is -1.95. The van der Waals surface area contributed by atoms with E-state index < -0.39 is 11.9 Å². The highest BCUT2D eigenvalue weighted by Crippen LogP contribution is 2.26. The van der Waals surface area contributed by atoms with Gasteiger partial charge in [-0.15, -0.1) is 0 Å². The second-order valence-corrected chi connectivity index (χ2v) is 5.84. The molecule has 22 heavy (non-hydrogen) atoms. The topological polar surface area (TPSA) is 66.6 Å². The molecule has 3 unspecified atom stereocenters. The average Bonchev–Trinajstić information content (AvgIpc) is 2.87. The Bertz CT molecular complexity index is 576. The second-order valence-electron chi connectivity index (χ2n) is 5.84. The normalized spacial score (nSPS) is 20.9. The molecule has 0 aromatic heterocycles. The lowest BCUT2D eigenvalue weighted by Gasteiger charge is -2.28. The molecule has 1 aliphatic rings. The molecule has 0 aliphatic carbocycles. The van der Waals surface area contributed by atoms with Crippen molar-refractivity contribution < 1.29 is 14.0 Å². The zero-order chi connectivity index (χ0) is 16.4. The van der Waals surface area contributed by atoms with Crippen LogP contribution in [0.4, 0.5) is 10.1 Å². The number of anilines is 1. The van der Waals surface area contributed by atoms with E-state index in [9.17, 15) is 14.0 Å². The Morgan fingerprint density at radius 3 is 2.64 bits per heavy atom. The molecule has 1 aliphatic heterocycles. The minimum Gasteiger partial charge on any atom is -0.333 e. The fraction of sp³-hybridized carbons (Fsp3) is 0.500. The molecular weight excluding hydrogens is 285 g/mol. The standard InChI is InChI=1S/C16H22FN3O2/c1-10(11(2)18)15(21)19(3)14-8-9-20(16(14)22)13-7-5-4-6-12(13)17/h4-7,10-11,14H,8-9,18H2,1-3H3. The lowest BCUT2D eigenvalue weighted by Crippen LogP contribution is -2.47. The summed E-state index contributed by atoms with van der Waals surface area (Å²) in [6.45, 7) is 3.91. The number of benzene rings is 1. The van der Waals surface area contributed by atoms with Crippen molar-refractivity contribution in [1.29, 1.82) is 0 Å². The Morgan fingerprint density at radius 2 is 2.05 bits per heavy atom. The largest absolute Gasteiger partial charge is 0.333 e. The third kappa shape index (κ3) is 2.97. The number of amides is 2. The fourth-order valence-electron chi connectivity index (χ4n) is 2.63. The van der Waals surface area contributed by atoms with E-state index >= 15 is 0 Å². The van der Waals surface area contributed by atoms with Crippen molar-refractivity contribution in [3.05, 3.63) is 30.1 Å². The number of carbonyl (C=O) groups excluding carboxylic acids is 2. The zero-order valence-electron chi connectivity index (χ0n) is 13.1. The summed E-state index contributed by atoms with van der Waals surface area (Å²) in [5, 5.41) is 0. The molecule has 1 heterocycles. The van der Waals surface area contributed by atoms with Crippen LogP contribution in [0.1, 0.15) is 20.3 Å². The molecule has 2 amide bonds. The van der Waals surface area contributed by atoms with E-state index in [1.54, 1.807) is 39.1 Å². The van der Waals surface area contributed by atoms with Gasteiger partial charge in [0.2, 0.25) is 11.8 Å². The number of para-hydroxylation sites is 1. The van der Waals surface area contributed by atoms with Gasteiger partial charge < -0.3 is 15.5 Å². The molecule has 3 atom stereocenters. The van der Waals surface area contributed by atoms with Gasteiger partial charge in [-0.1, -0.05) is 19.1 Å². The van der Waals surface area contributed by atoms with Crippen LogP contribution in [0.5, 0.6) is 0 Å². The van der Waals surface area contributed by atoms with E-state index in [1.807, 2.05) is 0 Å². The summed E-state index contributed by atoms with van der Waals surface area (Å²) in [4.78, 5) is 27.7. The van der Waals surface area contributed by atoms with Crippen molar-refractivity contribution in [2.75, 3.05) is 18.5 Å². The number of nitrogens with zero attached hydrogens (tertiary/aromatic N) is 2. The number of hydrogen-bond donors (Lipinski definition) is 1. The number of halogens is 1. The smallest absolute Gasteiger partial charge is 0.249 e. The van der Waals surface area contributed by atoms with Crippen LogP contribution in [-0.2, 0) is 9.59 Å². The lowest BCUT2D eigenvalue weighted by molar-refractivity contribution is -0.140. The van der Waals surface area contributed by atoms with Gasteiger partial charge in [0.15, 0.2) is 0 Å². The Morgan fingerprint density at radius 1 is 1.41 bits per heavy atom. The molecule has 1 saturated heterocycles. The van der Waals surface area contributed by atoms with E-state index in [1.165, 1.54) is 15.9 Å². The maximum absolute atomic E-state index is 13.8. The van der Waals surface area contributed by atoms with Gasteiger partial charge in [-0.3, -0.25) is 9.59 Å². The van der Waals surface area contributed by atoms with Crippen LogP contribution in [0.25, 0.3) is 0 Å². The van der Waals surface area contributed by atoms with Gasteiger partial charge >= 0.3 is 0 Å². The molecule has 120 valence electrons. The van der Waals surface area contributed by atoms with Gasteiger partial charge in [-0.25, -0.2) is 4.39 Å². The molecule has 0 saturated carbocycles. The molecule has 0 bridgehead atoms. The van der Waals surface area contributed by atoms with Crippen LogP contribution in [0.3, 0.4) is 0 Å². The Balaban J connectivity index is 2.15. The molecule has 0 radical (unpaired) electrons. The summed E-state index contributed by atoms with van der Waals surface area (Å²) in [6, 6.07) is 5.32. The minimum absolute atomic E-state index is 0.163. The van der Waals surface area contributed by atoms with Crippen molar-refractivity contribution in [2.45, 2.75) is 32.4 Å². The first kappa shape index (κ1) is 16.4. The van der Waals surface area contributed by atoms with Crippen LogP contribution in [-0.4, -0.2) is 42.4 Å². The summed E-state index contributed by atoms with van der Waals surface area (Å²) in [5.41, 5.74) is 6.01. The van der Waals surface area contributed by atoms with Gasteiger partial charge in [-0.2, -0.15) is 0 Å². The first-order valence-electron chi connectivity index (χ1n) is 7.42. The Kier molecular flexibility index (Phi) is 4.81. The van der Waals surface area contributed by atoms with Crippen LogP contribution in [0.2, 0.25) is 0 Å². The van der Waals surface area contributed by atoms with Gasteiger partial charge in [-0.05, 0) is 25.5 Å². The number of rotatable bonds is 4. The molecular formula is C16H22FN3O2. The summed E-state index contributed by atoms with van der Waals surface area (Å²) in [6.07, 6.45) is 0.487. The van der Waals surface area contributed by atoms with Crippen molar-refractivity contribution in [2.24, 2.45) is 11.7 Å². The van der Waals surface area contributed by atoms with E-state index in [0.717, 1.165) is 0 Å². The molecule has 6 heteroatoms. The maximum atomic E-state index is 13.8. The molecule has 1 aromatic carbocycles. The van der Waals surface area contributed by atoms with Crippen molar-refractivity contribution in [1.82, 2.24) is 4.90 Å². The first-order chi connectivity index (χ1) is 10.3. The summed E-state index contributed by atoms with van der Waals surface area (Å²) < 4.78 is 13.8. The van der Waals surface area contributed by atoms with Crippen LogP contribution >= 0.6 is 0 Å². The van der Waals surface area contributed by atoms with Gasteiger partial charge in [0.1, 0.15) is 11.9 Å². The predicted octanol–water partition coefficient (Wildman–Crippen LogP) is 1.37. The monoisotopic (exact) mass is 307 g/mol. The van der Waals surface area contributed by atoms with E-state index in [4.69, 9.17) is 5.73 Å².